The molecular weight excluding hydrogens is 262 g/mol. The van der Waals surface area contributed by atoms with Gasteiger partial charge >= 0.3 is 5.97 Å². The molecule has 8 nitrogen and oxygen atoms in total. The molecule has 0 bridgehead atoms. The molecule has 0 radical (unpaired) electrons. The standard InChI is InChI=1S/C12H19N5O3/c1-2-12(4-3-5-14-12)11(20)13-6-9-7-17(16-15-9)8-10(18)19/h7,14H,2-6,8H2,1H3,(H,13,20)(H,18,19). The first-order valence-corrected chi connectivity index (χ1v) is 6.70. The van der Waals surface area contributed by atoms with E-state index >= 15 is 0 Å². The molecule has 3 N–H and O–H groups in total. The molecule has 1 atom stereocenters. The van der Waals surface area contributed by atoms with Gasteiger partial charge in [-0.25, -0.2) is 4.68 Å². The molecule has 1 fully saturated rings. The number of amides is 1. The van der Waals surface area contributed by atoms with Gasteiger partial charge in [-0.3, -0.25) is 9.59 Å². The monoisotopic (exact) mass is 281 g/mol. The van der Waals surface area contributed by atoms with E-state index in [1.165, 1.54) is 10.9 Å². The molecule has 1 amide bonds. The second-order valence-corrected chi connectivity index (χ2v) is 4.95. The third kappa shape index (κ3) is 3.13. The van der Waals surface area contributed by atoms with Crippen LogP contribution in [0.3, 0.4) is 0 Å². The summed E-state index contributed by atoms with van der Waals surface area (Å²) in [6.07, 6.45) is 4.09. The van der Waals surface area contributed by atoms with Crippen LogP contribution in [0.4, 0.5) is 0 Å². The summed E-state index contributed by atoms with van der Waals surface area (Å²) >= 11 is 0. The predicted molar refractivity (Wildman–Crippen MR) is 69.8 cm³/mol. The van der Waals surface area contributed by atoms with Crippen molar-refractivity contribution in [1.82, 2.24) is 25.6 Å². The second-order valence-electron chi connectivity index (χ2n) is 4.95. The average molecular weight is 281 g/mol. The molecule has 0 aliphatic carbocycles. The lowest BCUT2D eigenvalue weighted by Gasteiger charge is -2.26. The van der Waals surface area contributed by atoms with Crippen LogP contribution in [0.5, 0.6) is 0 Å². The molecule has 2 rings (SSSR count). The topological polar surface area (TPSA) is 109 Å². The van der Waals surface area contributed by atoms with Gasteiger partial charge in [0.1, 0.15) is 12.2 Å². The molecule has 110 valence electrons. The number of hydrogen-bond acceptors (Lipinski definition) is 5. The van der Waals surface area contributed by atoms with Gasteiger partial charge in [-0.15, -0.1) is 5.10 Å². The maximum Gasteiger partial charge on any atom is 0.325 e. The van der Waals surface area contributed by atoms with Crippen LogP contribution in [0, 0.1) is 0 Å². The zero-order valence-corrected chi connectivity index (χ0v) is 11.4. The van der Waals surface area contributed by atoms with Crippen molar-refractivity contribution in [2.75, 3.05) is 6.54 Å². The minimum Gasteiger partial charge on any atom is -0.480 e. The number of hydrogen-bond donors (Lipinski definition) is 3. The lowest BCUT2D eigenvalue weighted by molar-refractivity contribution is -0.138. The Kier molecular flexibility index (Phi) is 4.33. The molecule has 1 aliphatic heterocycles. The van der Waals surface area contributed by atoms with E-state index < -0.39 is 11.5 Å². The van der Waals surface area contributed by atoms with Crippen molar-refractivity contribution in [1.29, 1.82) is 0 Å². The van der Waals surface area contributed by atoms with Gasteiger partial charge in [-0.05, 0) is 25.8 Å². The number of aromatic nitrogens is 3. The fraction of sp³-hybridized carbons (Fsp3) is 0.667. The van der Waals surface area contributed by atoms with E-state index in [0.29, 0.717) is 5.69 Å². The lowest BCUT2D eigenvalue weighted by atomic mass is 9.93. The zero-order valence-electron chi connectivity index (χ0n) is 11.4. The minimum absolute atomic E-state index is 0.0368. The van der Waals surface area contributed by atoms with Crippen molar-refractivity contribution >= 4 is 11.9 Å². The number of nitrogens with zero attached hydrogens (tertiary/aromatic N) is 3. The number of carboxylic acids is 1. The van der Waals surface area contributed by atoms with E-state index in [-0.39, 0.29) is 19.0 Å². The Morgan fingerprint density at radius 2 is 2.40 bits per heavy atom. The highest BCUT2D eigenvalue weighted by molar-refractivity contribution is 5.86. The van der Waals surface area contributed by atoms with Crippen LogP contribution in [0.1, 0.15) is 31.9 Å². The summed E-state index contributed by atoms with van der Waals surface area (Å²) in [6.45, 7) is 2.86. The first kappa shape index (κ1) is 14.4. The Morgan fingerprint density at radius 3 is 3.00 bits per heavy atom. The van der Waals surface area contributed by atoms with E-state index in [9.17, 15) is 9.59 Å². The van der Waals surface area contributed by atoms with Crippen molar-refractivity contribution in [3.05, 3.63) is 11.9 Å². The van der Waals surface area contributed by atoms with Crippen LogP contribution in [-0.4, -0.2) is 44.1 Å². The molecule has 1 aromatic rings. The van der Waals surface area contributed by atoms with Crippen LogP contribution in [0.15, 0.2) is 6.20 Å². The summed E-state index contributed by atoms with van der Waals surface area (Å²) < 4.78 is 1.23. The molecule has 1 unspecified atom stereocenters. The van der Waals surface area contributed by atoms with Crippen LogP contribution >= 0.6 is 0 Å². The van der Waals surface area contributed by atoms with Crippen LogP contribution in [0.2, 0.25) is 0 Å². The SMILES string of the molecule is CCC1(C(=O)NCc2cn(CC(=O)O)nn2)CCCN1. The number of aliphatic carboxylic acids is 1. The summed E-state index contributed by atoms with van der Waals surface area (Å²) in [4.78, 5) is 22.8. The van der Waals surface area contributed by atoms with Crippen LogP contribution in [-0.2, 0) is 22.7 Å². The summed E-state index contributed by atoms with van der Waals surface area (Å²) in [5.74, 6) is -1.02. The number of nitrogens with one attached hydrogen (secondary N) is 2. The Balaban J connectivity index is 1.89. The molecule has 0 saturated carbocycles. The molecule has 8 heteroatoms. The number of rotatable bonds is 6. The fourth-order valence-electron chi connectivity index (χ4n) is 2.44. The van der Waals surface area contributed by atoms with E-state index in [4.69, 9.17) is 5.11 Å². The van der Waals surface area contributed by atoms with Gasteiger partial charge < -0.3 is 15.7 Å². The highest BCUT2D eigenvalue weighted by Crippen LogP contribution is 2.23. The number of carbonyl (C=O) groups excluding carboxylic acids is 1. The molecule has 0 spiro atoms. The van der Waals surface area contributed by atoms with Crippen LogP contribution < -0.4 is 10.6 Å². The maximum absolute atomic E-state index is 12.2. The van der Waals surface area contributed by atoms with E-state index in [0.717, 1.165) is 25.8 Å². The normalized spacial score (nSPS) is 21.9. The van der Waals surface area contributed by atoms with E-state index in [2.05, 4.69) is 20.9 Å². The van der Waals surface area contributed by atoms with Gasteiger partial charge in [-0.2, -0.15) is 0 Å². The van der Waals surface area contributed by atoms with Crippen molar-refractivity contribution in [2.24, 2.45) is 0 Å². The molecule has 1 saturated heterocycles. The third-order valence-corrected chi connectivity index (χ3v) is 3.60. The zero-order chi connectivity index (χ0) is 14.6. The lowest BCUT2D eigenvalue weighted by Crippen LogP contribution is -2.52. The highest BCUT2D eigenvalue weighted by atomic mass is 16.4. The Bertz CT molecular complexity index is 493. The quantitative estimate of drug-likeness (QED) is 0.649. The van der Waals surface area contributed by atoms with Crippen molar-refractivity contribution in [3.8, 4) is 0 Å². The summed E-state index contributed by atoms with van der Waals surface area (Å²) in [6, 6.07) is 0. The number of carbonyl (C=O) groups is 2. The van der Waals surface area contributed by atoms with Crippen molar-refractivity contribution in [2.45, 2.75) is 44.8 Å². The van der Waals surface area contributed by atoms with Crippen molar-refractivity contribution in [3.63, 3.8) is 0 Å². The average Bonchev–Trinajstić information content (AvgIpc) is 3.05. The largest absolute Gasteiger partial charge is 0.480 e. The second kappa shape index (κ2) is 6.00. The Hall–Kier alpha value is -1.96. The highest BCUT2D eigenvalue weighted by Gasteiger charge is 2.38. The van der Waals surface area contributed by atoms with Gasteiger partial charge in [0.25, 0.3) is 0 Å². The fourth-order valence-corrected chi connectivity index (χ4v) is 2.44. The van der Waals surface area contributed by atoms with E-state index in [1.807, 2.05) is 6.92 Å². The molecule has 1 aromatic heterocycles. The first-order chi connectivity index (χ1) is 9.55. The smallest absolute Gasteiger partial charge is 0.325 e. The summed E-state index contributed by atoms with van der Waals surface area (Å²) in [5.41, 5.74) is 0.0701. The molecule has 2 heterocycles. The number of carboxylic acid groups (broad SMARTS) is 1. The molecule has 0 aromatic carbocycles. The van der Waals surface area contributed by atoms with E-state index in [1.54, 1.807) is 0 Å². The predicted octanol–water partition coefficient (Wildman–Crippen LogP) is -0.489. The molecule has 20 heavy (non-hydrogen) atoms. The maximum atomic E-state index is 12.2. The Morgan fingerprint density at radius 1 is 1.60 bits per heavy atom. The van der Waals surface area contributed by atoms with Gasteiger partial charge in [0, 0.05) is 0 Å². The van der Waals surface area contributed by atoms with Gasteiger partial charge in [0.15, 0.2) is 0 Å². The first-order valence-electron chi connectivity index (χ1n) is 6.70. The molecular formula is C12H19N5O3. The third-order valence-electron chi connectivity index (χ3n) is 3.60. The summed E-state index contributed by atoms with van der Waals surface area (Å²) in [5, 5.41) is 22.2. The summed E-state index contributed by atoms with van der Waals surface area (Å²) in [7, 11) is 0. The minimum atomic E-state index is -0.981. The van der Waals surface area contributed by atoms with Gasteiger partial charge in [0.2, 0.25) is 5.91 Å². The Labute approximate surface area is 116 Å². The van der Waals surface area contributed by atoms with Crippen LogP contribution in [0.25, 0.3) is 0 Å². The van der Waals surface area contributed by atoms with Crippen molar-refractivity contribution < 1.29 is 14.7 Å². The van der Waals surface area contributed by atoms with Gasteiger partial charge in [0.05, 0.1) is 18.3 Å². The molecule has 1 aliphatic rings. The van der Waals surface area contributed by atoms with Gasteiger partial charge in [-0.1, -0.05) is 12.1 Å².